The lowest BCUT2D eigenvalue weighted by Gasteiger charge is -2.32. The Kier molecular flexibility index (Phi) is 9.25. The van der Waals surface area contributed by atoms with Crippen LogP contribution >= 0.6 is 0 Å². The quantitative estimate of drug-likeness (QED) is 0.472. The Balaban J connectivity index is 1.89. The van der Waals surface area contributed by atoms with Crippen LogP contribution in [0.5, 0.6) is 17.2 Å². The van der Waals surface area contributed by atoms with Gasteiger partial charge in [-0.2, -0.15) is 0 Å². The number of ether oxygens (including phenoxy) is 3. The molecule has 1 aliphatic heterocycles. The third-order valence-electron chi connectivity index (χ3n) is 5.86. The van der Waals surface area contributed by atoms with Gasteiger partial charge in [-0.05, 0) is 42.7 Å². The lowest BCUT2D eigenvalue weighted by molar-refractivity contribution is -0.139. The summed E-state index contributed by atoms with van der Waals surface area (Å²) in [5.74, 6) is 0.959. The molecule has 0 aliphatic carbocycles. The van der Waals surface area contributed by atoms with Crippen LogP contribution in [0.15, 0.2) is 42.5 Å². The molecule has 3 rings (SSSR count). The van der Waals surface area contributed by atoms with Crippen LogP contribution in [-0.2, 0) is 26.2 Å². The Labute approximate surface area is 218 Å². The number of nitrogens with zero attached hydrogens (tertiary/aromatic N) is 2. The molecule has 1 N–H and O–H groups in total. The van der Waals surface area contributed by atoms with Crippen molar-refractivity contribution in [1.82, 2.24) is 10.2 Å². The average molecular weight is 534 g/mol. The van der Waals surface area contributed by atoms with E-state index in [4.69, 9.17) is 14.2 Å². The molecule has 0 radical (unpaired) electrons. The molecule has 2 amide bonds. The predicted octanol–water partition coefficient (Wildman–Crippen LogP) is 2.42. The summed E-state index contributed by atoms with van der Waals surface area (Å²) in [6.45, 7) is 6.40. The molecule has 0 bridgehead atoms. The van der Waals surface area contributed by atoms with Crippen molar-refractivity contribution < 1.29 is 32.2 Å². The van der Waals surface area contributed by atoms with E-state index in [9.17, 15) is 18.0 Å². The largest absolute Gasteiger partial charge is 0.497 e. The molecule has 1 atom stereocenters. The molecule has 2 aromatic rings. The van der Waals surface area contributed by atoms with Gasteiger partial charge < -0.3 is 24.4 Å². The summed E-state index contributed by atoms with van der Waals surface area (Å²) in [7, 11) is -2.29. The van der Waals surface area contributed by atoms with Crippen LogP contribution in [0.4, 0.5) is 5.69 Å². The molecule has 10 nitrogen and oxygen atoms in total. The van der Waals surface area contributed by atoms with Gasteiger partial charge in [-0.25, -0.2) is 8.42 Å². The first-order chi connectivity index (χ1) is 17.5. The molecule has 37 heavy (non-hydrogen) atoms. The Hall–Kier alpha value is -3.47. The molecule has 0 saturated carbocycles. The van der Waals surface area contributed by atoms with E-state index in [1.807, 2.05) is 13.8 Å². The minimum Gasteiger partial charge on any atom is -0.497 e. The van der Waals surface area contributed by atoms with Crippen LogP contribution in [0, 0.1) is 5.92 Å². The summed E-state index contributed by atoms with van der Waals surface area (Å²) in [5, 5.41) is 2.86. The number of amides is 2. The second kappa shape index (κ2) is 12.2. The number of carbonyl (C=O) groups is 2. The van der Waals surface area contributed by atoms with Crippen LogP contribution in [0.25, 0.3) is 0 Å². The number of fused-ring (bicyclic) bond motifs is 1. The Morgan fingerprint density at radius 3 is 2.27 bits per heavy atom. The van der Waals surface area contributed by atoms with Gasteiger partial charge in [0.2, 0.25) is 21.8 Å². The maximum Gasteiger partial charge on any atom is 0.244 e. The molecule has 11 heteroatoms. The number of hydrogen-bond acceptors (Lipinski definition) is 7. The van der Waals surface area contributed by atoms with E-state index >= 15 is 0 Å². The first kappa shape index (κ1) is 28.1. The number of nitrogens with one attached hydrogen (secondary N) is 1. The van der Waals surface area contributed by atoms with Gasteiger partial charge in [0.15, 0.2) is 11.5 Å². The van der Waals surface area contributed by atoms with E-state index in [-0.39, 0.29) is 24.1 Å². The molecule has 2 aromatic carbocycles. The van der Waals surface area contributed by atoms with Crippen LogP contribution in [-0.4, -0.2) is 70.8 Å². The van der Waals surface area contributed by atoms with Crippen molar-refractivity contribution in [1.29, 1.82) is 0 Å². The fraction of sp³-hybridized carbons (Fsp3) is 0.462. The average Bonchev–Trinajstić information content (AvgIpc) is 2.87. The normalized spacial score (nSPS) is 13.6. The number of methoxy groups -OCH3 is 1. The highest BCUT2D eigenvalue weighted by atomic mass is 32.2. The Bertz CT molecular complexity index is 1200. The first-order valence-corrected chi connectivity index (χ1v) is 13.9. The highest BCUT2D eigenvalue weighted by molar-refractivity contribution is 7.92. The Morgan fingerprint density at radius 1 is 1.03 bits per heavy atom. The molecule has 0 saturated heterocycles. The summed E-state index contributed by atoms with van der Waals surface area (Å²) < 4.78 is 42.8. The number of benzene rings is 2. The minimum absolute atomic E-state index is 0.109. The predicted molar refractivity (Wildman–Crippen MR) is 140 cm³/mol. The van der Waals surface area contributed by atoms with Gasteiger partial charge in [0.05, 0.1) is 19.1 Å². The molecule has 1 aliphatic rings. The zero-order chi connectivity index (χ0) is 27.2. The fourth-order valence-corrected chi connectivity index (χ4v) is 4.61. The van der Waals surface area contributed by atoms with E-state index in [0.29, 0.717) is 37.0 Å². The van der Waals surface area contributed by atoms with Gasteiger partial charge in [0.1, 0.15) is 31.5 Å². The third-order valence-corrected chi connectivity index (χ3v) is 7.00. The maximum atomic E-state index is 13.6. The SMILES string of the molecule is COc1ccc(CN(C(=O)CN(c2ccc3c(c2)OCCO3)S(C)(=O)=O)[C@@H](C)C(=O)NCC(C)C)cc1. The van der Waals surface area contributed by atoms with Crippen LogP contribution in [0.1, 0.15) is 26.3 Å². The third kappa shape index (κ3) is 7.51. The van der Waals surface area contributed by atoms with Gasteiger partial charge in [-0.3, -0.25) is 13.9 Å². The summed E-state index contributed by atoms with van der Waals surface area (Å²) in [4.78, 5) is 27.9. The number of anilines is 1. The van der Waals surface area contributed by atoms with E-state index < -0.39 is 28.5 Å². The standard InChI is InChI=1S/C26H35N3O7S/c1-18(2)15-27-26(31)19(3)28(16-20-6-9-22(34-4)10-7-20)25(30)17-29(37(5,32)33)21-8-11-23-24(14-21)36-13-12-35-23/h6-11,14,18-19H,12-13,15-17H2,1-5H3,(H,27,31)/t19-/m0/s1. The molecule has 0 spiro atoms. The van der Waals surface area contributed by atoms with Crippen molar-refractivity contribution in [3.63, 3.8) is 0 Å². The first-order valence-electron chi connectivity index (χ1n) is 12.1. The lowest BCUT2D eigenvalue weighted by Crippen LogP contribution is -2.51. The summed E-state index contributed by atoms with van der Waals surface area (Å²) in [6.07, 6.45) is 1.03. The smallest absolute Gasteiger partial charge is 0.244 e. The van der Waals surface area contributed by atoms with E-state index in [1.54, 1.807) is 50.4 Å². The van der Waals surface area contributed by atoms with E-state index in [2.05, 4.69) is 5.32 Å². The topological polar surface area (TPSA) is 114 Å². The van der Waals surface area contributed by atoms with Crippen molar-refractivity contribution in [3.8, 4) is 17.2 Å². The van der Waals surface area contributed by atoms with E-state index in [1.165, 1.54) is 11.0 Å². The fourth-order valence-electron chi connectivity index (χ4n) is 3.76. The molecular weight excluding hydrogens is 498 g/mol. The number of carbonyl (C=O) groups excluding carboxylic acids is 2. The minimum atomic E-state index is -3.85. The second-order valence-electron chi connectivity index (χ2n) is 9.28. The molecule has 1 heterocycles. The lowest BCUT2D eigenvalue weighted by atomic mass is 10.1. The van der Waals surface area contributed by atoms with Gasteiger partial charge >= 0.3 is 0 Å². The summed E-state index contributed by atoms with van der Waals surface area (Å²) >= 11 is 0. The van der Waals surface area contributed by atoms with Gasteiger partial charge in [-0.15, -0.1) is 0 Å². The Morgan fingerprint density at radius 2 is 1.68 bits per heavy atom. The number of rotatable bonds is 11. The molecule has 0 aromatic heterocycles. The van der Waals surface area contributed by atoms with Crippen LogP contribution in [0.3, 0.4) is 0 Å². The maximum absolute atomic E-state index is 13.6. The van der Waals surface area contributed by atoms with Crippen LogP contribution < -0.4 is 23.8 Å². The number of sulfonamides is 1. The van der Waals surface area contributed by atoms with Gasteiger partial charge in [-0.1, -0.05) is 26.0 Å². The van der Waals surface area contributed by atoms with Crippen LogP contribution in [0.2, 0.25) is 0 Å². The van der Waals surface area contributed by atoms with Crippen molar-refractivity contribution in [3.05, 3.63) is 48.0 Å². The number of hydrogen-bond donors (Lipinski definition) is 1. The van der Waals surface area contributed by atoms with E-state index in [0.717, 1.165) is 16.1 Å². The van der Waals surface area contributed by atoms with Crippen molar-refractivity contribution in [2.24, 2.45) is 5.92 Å². The second-order valence-corrected chi connectivity index (χ2v) is 11.2. The zero-order valence-electron chi connectivity index (χ0n) is 21.9. The monoisotopic (exact) mass is 533 g/mol. The molecule has 0 unspecified atom stereocenters. The highest BCUT2D eigenvalue weighted by Gasteiger charge is 2.30. The van der Waals surface area contributed by atoms with Crippen molar-refractivity contribution in [2.75, 3.05) is 44.0 Å². The summed E-state index contributed by atoms with van der Waals surface area (Å²) in [6, 6.07) is 11.0. The van der Waals surface area contributed by atoms with Crippen molar-refractivity contribution in [2.45, 2.75) is 33.4 Å². The zero-order valence-corrected chi connectivity index (χ0v) is 22.7. The molecule has 202 valence electrons. The molecular formula is C26H35N3O7S. The molecule has 0 fully saturated rings. The van der Waals surface area contributed by atoms with Crippen molar-refractivity contribution >= 4 is 27.5 Å². The van der Waals surface area contributed by atoms with Gasteiger partial charge in [0.25, 0.3) is 0 Å². The highest BCUT2D eigenvalue weighted by Crippen LogP contribution is 2.34. The summed E-state index contributed by atoms with van der Waals surface area (Å²) in [5.41, 5.74) is 1.03. The van der Waals surface area contributed by atoms with Gasteiger partial charge in [0, 0.05) is 19.2 Å².